The van der Waals surface area contributed by atoms with Gasteiger partial charge in [0.25, 0.3) is 0 Å². The highest BCUT2D eigenvalue weighted by Crippen LogP contribution is 2.42. The van der Waals surface area contributed by atoms with Gasteiger partial charge in [-0.25, -0.2) is 9.59 Å². The fourth-order valence-electron chi connectivity index (χ4n) is 5.90. The van der Waals surface area contributed by atoms with Crippen LogP contribution in [-0.4, -0.2) is 11.9 Å². The summed E-state index contributed by atoms with van der Waals surface area (Å²) in [5.74, 6) is -1.39. The molecule has 6 aromatic carbocycles. The van der Waals surface area contributed by atoms with E-state index in [1.807, 2.05) is 182 Å². The number of rotatable bonds is 10. The highest BCUT2D eigenvalue weighted by atomic mass is 16.6. The van der Waals surface area contributed by atoms with Gasteiger partial charge in [0.15, 0.2) is 11.2 Å². The van der Waals surface area contributed by atoms with E-state index in [1.165, 1.54) is 0 Å². The number of hydrogen-bond acceptors (Lipinski definition) is 4. The van der Waals surface area contributed by atoms with Gasteiger partial charge in [0.2, 0.25) is 0 Å². The Hall–Kier alpha value is -6.00. The van der Waals surface area contributed by atoms with E-state index in [0.29, 0.717) is 0 Å². The first kappa shape index (κ1) is 30.0. The van der Waals surface area contributed by atoms with E-state index in [9.17, 15) is 9.59 Å². The maximum absolute atomic E-state index is 13.7. The average molecular weight is 601 g/mol. The molecule has 0 unspecified atom stereocenters. The van der Waals surface area contributed by atoms with Gasteiger partial charge in [-0.1, -0.05) is 182 Å². The first-order valence-corrected chi connectivity index (χ1v) is 15.1. The van der Waals surface area contributed by atoms with Crippen LogP contribution in [-0.2, 0) is 30.3 Å². The second-order valence-electron chi connectivity index (χ2n) is 10.7. The van der Waals surface area contributed by atoms with Crippen LogP contribution in [0.1, 0.15) is 33.4 Å². The normalized spacial score (nSPS) is 11.6. The summed E-state index contributed by atoms with van der Waals surface area (Å²) in [7, 11) is 0. The Labute approximate surface area is 269 Å². The molecule has 0 bridgehead atoms. The number of carbonyl (C=O) groups excluding carboxylic acids is 2. The number of ether oxygens (including phenoxy) is 2. The van der Waals surface area contributed by atoms with Crippen LogP contribution in [0.4, 0.5) is 0 Å². The minimum absolute atomic E-state index is 0.696. The third-order valence-corrected chi connectivity index (χ3v) is 7.94. The molecule has 6 rings (SSSR count). The standard InChI is InChI=1S/C42H32O4/c43-39(45-41(33-19-7-1-8-20-33,34-21-9-2-10-22-34)35-23-11-3-12-24-35)31-32-40(44)46-42(36-25-13-4-14-26-36,37-27-15-5-16-28-37)38-29-17-6-18-30-38/h1-32H/b32-31+. The smallest absolute Gasteiger partial charge is 0.332 e. The third-order valence-electron chi connectivity index (χ3n) is 7.94. The number of benzene rings is 6. The number of esters is 2. The van der Waals surface area contributed by atoms with Crippen molar-refractivity contribution in [3.05, 3.63) is 228 Å². The first-order chi connectivity index (χ1) is 22.6. The predicted octanol–water partition coefficient (Wildman–Crippen LogP) is 8.61. The topological polar surface area (TPSA) is 52.6 Å². The molecule has 6 aromatic rings. The average Bonchev–Trinajstić information content (AvgIpc) is 3.14. The molecule has 0 saturated carbocycles. The number of carbonyl (C=O) groups is 2. The Morgan fingerprint density at radius 2 is 0.500 bits per heavy atom. The van der Waals surface area contributed by atoms with Crippen molar-refractivity contribution in [3.63, 3.8) is 0 Å². The van der Waals surface area contributed by atoms with Crippen LogP contribution < -0.4 is 0 Å². The van der Waals surface area contributed by atoms with E-state index in [2.05, 4.69) is 0 Å². The van der Waals surface area contributed by atoms with Gasteiger partial charge >= 0.3 is 11.9 Å². The molecule has 0 aliphatic heterocycles. The molecule has 4 nitrogen and oxygen atoms in total. The Kier molecular flexibility index (Phi) is 8.98. The quantitative estimate of drug-likeness (QED) is 0.0898. The van der Waals surface area contributed by atoms with Gasteiger partial charge in [-0.2, -0.15) is 0 Å². The molecule has 0 heterocycles. The maximum atomic E-state index is 13.7. The summed E-state index contributed by atoms with van der Waals surface area (Å²) in [5, 5.41) is 0. The van der Waals surface area contributed by atoms with Crippen molar-refractivity contribution in [2.45, 2.75) is 11.2 Å². The lowest BCUT2D eigenvalue weighted by atomic mass is 9.80. The van der Waals surface area contributed by atoms with E-state index in [0.717, 1.165) is 45.5 Å². The molecule has 0 saturated heterocycles. The van der Waals surface area contributed by atoms with E-state index in [4.69, 9.17) is 9.47 Å². The molecule has 0 aliphatic carbocycles. The van der Waals surface area contributed by atoms with Crippen LogP contribution >= 0.6 is 0 Å². The highest BCUT2D eigenvalue weighted by Gasteiger charge is 2.41. The summed E-state index contributed by atoms with van der Waals surface area (Å²) in [4.78, 5) is 27.5. The Morgan fingerprint density at radius 3 is 0.674 bits per heavy atom. The molecule has 0 aromatic heterocycles. The maximum Gasteiger partial charge on any atom is 0.332 e. The number of hydrogen-bond donors (Lipinski definition) is 0. The summed E-state index contributed by atoms with van der Waals surface area (Å²) in [6.45, 7) is 0. The largest absolute Gasteiger partial charge is 0.441 e. The van der Waals surface area contributed by atoms with Gasteiger partial charge < -0.3 is 9.47 Å². The van der Waals surface area contributed by atoms with Crippen molar-refractivity contribution in [1.29, 1.82) is 0 Å². The zero-order valence-corrected chi connectivity index (χ0v) is 25.1. The minimum atomic E-state index is -1.27. The van der Waals surface area contributed by atoms with Gasteiger partial charge in [-0.3, -0.25) is 0 Å². The van der Waals surface area contributed by atoms with Gasteiger partial charge in [0.05, 0.1) is 0 Å². The molecule has 0 amide bonds. The van der Waals surface area contributed by atoms with E-state index < -0.39 is 23.1 Å². The van der Waals surface area contributed by atoms with Crippen LogP contribution in [0.3, 0.4) is 0 Å². The fraction of sp³-hybridized carbons (Fsp3) is 0.0476. The molecule has 224 valence electrons. The van der Waals surface area contributed by atoms with E-state index in [1.54, 1.807) is 0 Å². The van der Waals surface area contributed by atoms with Crippen molar-refractivity contribution in [2.75, 3.05) is 0 Å². The lowest BCUT2D eigenvalue weighted by Gasteiger charge is -2.35. The molecule has 0 N–H and O–H groups in total. The van der Waals surface area contributed by atoms with Gasteiger partial charge in [-0.15, -0.1) is 0 Å². The third kappa shape index (κ3) is 6.01. The van der Waals surface area contributed by atoms with Crippen LogP contribution in [0.15, 0.2) is 194 Å². The van der Waals surface area contributed by atoms with Gasteiger partial charge in [-0.05, 0) is 0 Å². The van der Waals surface area contributed by atoms with Gasteiger partial charge in [0, 0.05) is 45.5 Å². The van der Waals surface area contributed by atoms with Crippen molar-refractivity contribution in [2.24, 2.45) is 0 Å². The van der Waals surface area contributed by atoms with Crippen molar-refractivity contribution in [1.82, 2.24) is 0 Å². The SMILES string of the molecule is O=C(/C=C/C(=O)OC(c1ccccc1)(c1ccccc1)c1ccccc1)OC(c1ccccc1)(c1ccccc1)c1ccccc1. The van der Waals surface area contributed by atoms with Crippen LogP contribution in [0.25, 0.3) is 0 Å². The Morgan fingerprint density at radius 1 is 0.326 bits per heavy atom. The summed E-state index contributed by atoms with van der Waals surface area (Å²) >= 11 is 0. The van der Waals surface area contributed by atoms with Gasteiger partial charge in [0.1, 0.15) is 0 Å². The summed E-state index contributed by atoms with van der Waals surface area (Å²) < 4.78 is 12.8. The molecule has 0 radical (unpaired) electrons. The zero-order chi connectivity index (χ0) is 31.7. The molecule has 46 heavy (non-hydrogen) atoms. The summed E-state index contributed by atoms with van der Waals surface area (Å²) in [6, 6.07) is 57.6. The molecular weight excluding hydrogens is 568 g/mol. The summed E-state index contributed by atoms with van der Waals surface area (Å²) in [6.07, 6.45) is 2.27. The Balaban J connectivity index is 1.38. The summed E-state index contributed by atoms with van der Waals surface area (Å²) in [5.41, 5.74) is 2.09. The Bertz CT molecular complexity index is 1550. The second kappa shape index (κ2) is 13.7. The molecule has 0 atom stereocenters. The zero-order valence-electron chi connectivity index (χ0n) is 25.1. The van der Waals surface area contributed by atoms with Crippen molar-refractivity contribution < 1.29 is 19.1 Å². The first-order valence-electron chi connectivity index (χ1n) is 15.1. The molecule has 4 heteroatoms. The molecule has 0 aliphatic rings. The second-order valence-corrected chi connectivity index (χ2v) is 10.7. The lowest BCUT2D eigenvalue weighted by molar-refractivity contribution is -0.150. The van der Waals surface area contributed by atoms with Crippen LogP contribution in [0.5, 0.6) is 0 Å². The lowest BCUT2D eigenvalue weighted by Crippen LogP contribution is -2.35. The van der Waals surface area contributed by atoms with E-state index in [-0.39, 0.29) is 0 Å². The fourth-order valence-corrected chi connectivity index (χ4v) is 5.90. The van der Waals surface area contributed by atoms with Crippen LogP contribution in [0.2, 0.25) is 0 Å². The monoisotopic (exact) mass is 600 g/mol. The molecule has 0 spiro atoms. The molecule has 0 fully saturated rings. The van der Waals surface area contributed by atoms with Crippen molar-refractivity contribution in [3.8, 4) is 0 Å². The highest BCUT2D eigenvalue weighted by molar-refractivity contribution is 5.92. The predicted molar refractivity (Wildman–Crippen MR) is 180 cm³/mol. The van der Waals surface area contributed by atoms with Crippen LogP contribution in [0, 0.1) is 0 Å². The molecular formula is C42H32O4. The minimum Gasteiger partial charge on any atom is -0.441 e. The van der Waals surface area contributed by atoms with E-state index >= 15 is 0 Å². The van der Waals surface area contributed by atoms with Crippen molar-refractivity contribution >= 4 is 11.9 Å².